The van der Waals surface area contributed by atoms with Gasteiger partial charge in [-0.05, 0) is 77.1 Å². The molecule has 4 heterocycles. The number of aryl methyl sites for hydroxylation is 1. The third-order valence-electron chi connectivity index (χ3n) is 7.48. The van der Waals surface area contributed by atoms with Crippen molar-refractivity contribution < 1.29 is 14.3 Å². The van der Waals surface area contributed by atoms with Crippen molar-refractivity contribution in [3.05, 3.63) is 47.5 Å². The first kappa shape index (κ1) is 26.1. The molecule has 3 aromatic heterocycles. The highest BCUT2D eigenvalue weighted by molar-refractivity contribution is 5.93. The van der Waals surface area contributed by atoms with Crippen LogP contribution >= 0.6 is 0 Å². The van der Waals surface area contributed by atoms with E-state index in [0.717, 1.165) is 27.9 Å². The summed E-state index contributed by atoms with van der Waals surface area (Å²) in [4.78, 5) is 23.8. The van der Waals surface area contributed by atoms with E-state index >= 15 is 0 Å². The second-order valence-corrected chi connectivity index (χ2v) is 11.7. The van der Waals surface area contributed by atoms with Gasteiger partial charge in [-0.25, -0.2) is 14.8 Å². The minimum atomic E-state index is -0.591. The van der Waals surface area contributed by atoms with E-state index in [1.807, 2.05) is 43.7 Å². The molecule has 6 rings (SSSR count). The Morgan fingerprint density at radius 2 is 1.95 bits per heavy atom. The average molecular weight is 542 g/mol. The standard InChI is InChI=1S/C30H35N7O3/c1-18-33-24-14-19(7-11-25(24)36(18)20-8-9-20)6-10-23-27-26(12-13-32-28(27)31)37(34-23)21-15-22(17-39-5)35(16-21)29(38)40-30(2,3)4/h7,11-14,20-22H,8-9,15-17H2,1-5H3,(H2,31,32)/t21?,22-/m1/s1. The van der Waals surface area contributed by atoms with Crippen molar-refractivity contribution in [1.82, 2.24) is 29.2 Å². The van der Waals surface area contributed by atoms with Crippen LogP contribution in [0.5, 0.6) is 0 Å². The molecule has 2 atom stereocenters. The number of nitrogens with zero attached hydrogens (tertiary/aromatic N) is 6. The highest BCUT2D eigenvalue weighted by atomic mass is 16.6. The molecule has 1 aliphatic heterocycles. The van der Waals surface area contributed by atoms with Gasteiger partial charge in [0.25, 0.3) is 0 Å². The predicted octanol–water partition coefficient (Wildman–Crippen LogP) is 4.60. The van der Waals surface area contributed by atoms with Gasteiger partial charge in [0.2, 0.25) is 0 Å². The largest absolute Gasteiger partial charge is 0.444 e. The highest BCUT2D eigenvalue weighted by Gasteiger charge is 2.39. The number of ether oxygens (including phenoxy) is 2. The second kappa shape index (κ2) is 9.82. The van der Waals surface area contributed by atoms with E-state index in [2.05, 4.69) is 34.4 Å². The van der Waals surface area contributed by atoms with Crippen molar-refractivity contribution in [3.63, 3.8) is 0 Å². The Labute approximate surface area is 233 Å². The van der Waals surface area contributed by atoms with Crippen LogP contribution in [0.25, 0.3) is 21.9 Å². The normalized spacial score (nSPS) is 19.3. The third-order valence-corrected chi connectivity index (χ3v) is 7.48. The molecule has 1 amide bonds. The Kier molecular flexibility index (Phi) is 6.42. The van der Waals surface area contributed by atoms with Gasteiger partial charge in [-0.15, -0.1) is 0 Å². The first-order chi connectivity index (χ1) is 19.1. The number of imidazole rings is 1. The van der Waals surface area contributed by atoms with Gasteiger partial charge < -0.3 is 24.7 Å². The summed E-state index contributed by atoms with van der Waals surface area (Å²) in [6.07, 6.45) is 4.40. The van der Waals surface area contributed by atoms with Crippen LogP contribution in [0.1, 0.15) is 69.2 Å². The summed E-state index contributed by atoms with van der Waals surface area (Å²) in [5.74, 6) is 7.92. The van der Waals surface area contributed by atoms with Crippen molar-refractivity contribution in [3.8, 4) is 11.8 Å². The van der Waals surface area contributed by atoms with E-state index in [4.69, 9.17) is 25.3 Å². The number of fused-ring (bicyclic) bond motifs is 2. The molecule has 0 spiro atoms. The minimum absolute atomic E-state index is 0.0989. The molecule has 1 saturated carbocycles. The van der Waals surface area contributed by atoms with Crippen LogP contribution in [0.2, 0.25) is 0 Å². The molecule has 1 aliphatic carbocycles. The van der Waals surface area contributed by atoms with Gasteiger partial charge in [0.15, 0.2) is 0 Å². The first-order valence-electron chi connectivity index (χ1n) is 13.7. The number of carbonyl (C=O) groups is 1. The molecule has 1 aromatic carbocycles. The number of rotatable bonds is 4. The minimum Gasteiger partial charge on any atom is -0.444 e. The summed E-state index contributed by atoms with van der Waals surface area (Å²) in [5.41, 5.74) is 10.1. The zero-order chi connectivity index (χ0) is 28.2. The average Bonchev–Trinajstić information content (AvgIpc) is 3.37. The molecule has 10 nitrogen and oxygen atoms in total. The van der Waals surface area contributed by atoms with Crippen LogP contribution in [-0.4, -0.2) is 67.2 Å². The number of nitrogen functional groups attached to an aromatic ring is 1. The van der Waals surface area contributed by atoms with Crippen LogP contribution in [0.15, 0.2) is 30.5 Å². The van der Waals surface area contributed by atoms with Gasteiger partial charge in [-0.3, -0.25) is 4.68 Å². The number of hydrogen-bond acceptors (Lipinski definition) is 7. The summed E-state index contributed by atoms with van der Waals surface area (Å²) >= 11 is 0. The van der Waals surface area contributed by atoms with Crippen molar-refractivity contribution >= 4 is 33.8 Å². The molecule has 40 heavy (non-hydrogen) atoms. The molecule has 10 heteroatoms. The summed E-state index contributed by atoms with van der Waals surface area (Å²) in [6.45, 7) is 8.50. The highest BCUT2D eigenvalue weighted by Crippen LogP contribution is 2.38. The number of pyridine rings is 1. The fourth-order valence-corrected chi connectivity index (χ4v) is 5.66. The van der Waals surface area contributed by atoms with E-state index in [-0.39, 0.29) is 18.2 Å². The maximum absolute atomic E-state index is 13.0. The van der Waals surface area contributed by atoms with E-state index in [1.54, 1.807) is 18.2 Å². The predicted molar refractivity (Wildman–Crippen MR) is 153 cm³/mol. The number of benzene rings is 1. The summed E-state index contributed by atoms with van der Waals surface area (Å²) in [5, 5.41) is 5.62. The van der Waals surface area contributed by atoms with Gasteiger partial charge in [-0.2, -0.15) is 5.10 Å². The zero-order valence-corrected chi connectivity index (χ0v) is 23.6. The number of hydrogen-bond donors (Lipinski definition) is 1. The molecule has 2 fully saturated rings. The lowest BCUT2D eigenvalue weighted by atomic mass is 10.1. The Balaban J connectivity index is 1.34. The number of nitrogens with two attached hydrogens (primary N) is 1. The summed E-state index contributed by atoms with van der Waals surface area (Å²) < 4.78 is 15.4. The molecule has 1 saturated heterocycles. The van der Waals surface area contributed by atoms with Gasteiger partial charge in [0.05, 0.1) is 40.6 Å². The fourth-order valence-electron chi connectivity index (χ4n) is 5.66. The third kappa shape index (κ3) is 4.86. The number of methoxy groups -OCH3 is 1. The van der Waals surface area contributed by atoms with Crippen molar-refractivity contribution in [2.24, 2.45) is 0 Å². The summed E-state index contributed by atoms with van der Waals surface area (Å²) in [6, 6.07) is 8.38. The molecule has 208 valence electrons. The Bertz CT molecular complexity index is 1670. The van der Waals surface area contributed by atoms with Crippen LogP contribution in [0.4, 0.5) is 10.6 Å². The van der Waals surface area contributed by atoms with Crippen LogP contribution in [-0.2, 0) is 9.47 Å². The molecule has 1 unspecified atom stereocenters. The number of anilines is 1. The van der Waals surface area contributed by atoms with Crippen LogP contribution in [0, 0.1) is 18.8 Å². The second-order valence-electron chi connectivity index (χ2n) is 11.7. The first-order valence-corrected chi connectivity index (χ1v) is 13.7. The number of likely N-dealkylation sites (tertiary alicyclic amines) is 1. The molecule has 2 aliphatic rings. The zero-order valence-electron chi connectivity index (χ0n) is 23.6. The van der Waals surface area contributed by atoms with E-state index in [9.17, 15) is 4.79 Å². The fraction of sp³-hybridized carbons (Fsp3) is 0.467. The van der Waals surface area contributed by atoms with Crippen LogP contribution in [0.3, 0.4) is 0 Å². The van der Waals surface area contributed by atoms with Gasteiger partial charge >= 0.3 is 6.09 Å². The van der Waals surface area contributed by atoms with Gasteiger partial charge in [-0.1, -0.05) is 5.92 Å². The molecule has 0 bridgehead atoms. The maximum Gasteiger partial charge on any atom is 0.410 e. The maximum atomic E-state index is 13.0. The Morgan fingerprint density at radius 1 is 1.15 bits per heavy atom. The van der Waals surface area contributed by atoms with Gasteiger partial charge in [0.1, 0.15) is 22.9 Å². The molecular weight excluding hydrogens is 506 g/mol. The lowest BCUT2D eigenvalue weighted by molar-refractivity contribution is 0.0145. The molecule has 4 aromatic rings. The van der Waals surface area contributed by atoms with E-state index in [0.29, 0.717) is 42.5 Å². The van der Waals surface area contributed by atoms with Crippen molar-refractivity contribution in [2.75, 3.05) is 26.0 Å². The molecule has 2 N–H and O–H groups in total. The topological polar surface area (TPSA) is 113 Å². The quantitative estimate of drug-likeness (QED) is 0.376. The lowest BCUT2D eigenvalue weighted by Gasteiger charge is -2.28. The Morgan fingerprint density at radius 3 is 2.67 bits per heavy atom. The van der Waals surface area contributed by atoms with E-state index < -0.39 is 5.60 Å². The van der Waals surface area contributed by atoms with Gasteiger partial charge in [0, 0.05) is 31.5 Å². The molecule has 0 radical (unpaired) electrons. The Hall–Kier alpha value is -4.10. The van der Waals surface area contributed by atoms with Crippen LogP contribution < -0.4 is 5.73 Å². The number of aromatic nitrogens is 5. The SMILES string of the molecule is COC[C@H]1CC(n2nc(C#Cc3ccc4c(c3)nc(C)n4C3CC3)c3c(N)nccc32)CN1C(=O)OC(C)(C)C. The monoisotopic (exact) mass is 541 g/mol. The van der Waals surface area contributed by atoms with E-state index in [1.165, 1.54) is 12.8 Å². The van der Waals surface area contributed by atoms with Crippen molar-refractivity contribution in [1.29, 1.82) is 0 Å². The molecular formula is C30H35N7O3. The smallest absolute Gasteiger partial charge is 0.410 e. The number of carbonyl (C=O) groups excluding carboxylic acids is 1. The van der Waals surface area contributed by atoms with Crippen molar-refractivity contribution in [2.45, 2.75) is 70.7 Å². The lowest BCUT2D eigenvalue weighted by Crippen LogP contribution is -2.41. The number of amides is 1. The summed E-state index contributed by atoms with van der Waals surface area (Å²) in [7, 11) is 1.64.